The average molecular weight is 464 g/mol. The molecular weight excluding hydrogens is 440 g/mol. The standard InChI is InChI=1S/C24H24N4O6/c1-28-20(23(32)25-12-14(29)10-22(30)31)11-21(27-28)26-24(33)34-13-19-17-8-4-2-6-15(17)16-7-3-5-9-18(16)19/h2-9,11,14,19,29H,10,12-13H2,1H3,(H,25,32)(H,30,31)(H,26,27,33). The van der Waals surface area contributed by atoms with Gasteiger partial charge < -0.3 is 20.3 Å². The van der Waals surface area contributed by atoms with Crippen molar-refractivity contribution in [1.29, 1.82) is 0 Å². The van der Waals surface area contributed by atoms with Gasteiger partial charge in [0.1, 0.15) is 12.3 Å². The fourth-order valence-corrected chi connectivity index (χ4v) is 4.05. The normalized spacial score (nSPS) is 13.0. The quantitative estimate of drug-likeness (QED) is 0.401. The van der Waals surface area contributed by atoms with E-state index in [1.807, 2.05) is 36.4 Å². The molecule has 0 aliphatic heterocycles. The van der Waals surface area contributed by atoms with Gasteiger partial charge in [-0.3, -0.25) is 19.6 Å². The third-order valence-corrected chi connectivity index (χ3v) is 5.59. The van der Waals surface area contributed by atoms with Crippen LogP contribution in [0, 0.1) is 0 Å². The van der Waals surface area contributed by atoms with Crippen molar-refractivity contribution < 1.29 is 29.3 Å². The smallest absolute Gasteiger partial charge is 0.412 e. The topological polar surface area (TPSA) is 143 Å². The molecule has 1 aliphatic carbocycles. The Kier molecular flexibility index (Phi) is 6.60. The van der Waals surface area contributed by atoms with Crippen molar-refractivity contribution in [1.82, 2.24) is 15.1 Å². The Morgan fingerprint density at radius 2 is 1.71 bits per heavy atom. The summed E-state index contributed by atoms with van der Waals surface area (Å²) < 4.78 is 6.74. The predicted octanol–water partition coefficient (Wildman–Crippen LogP) is 2.35. The van der Waals surface area contributed by atoms with Crippen molar-refractivity contribution in [2.24, 2.45) is 7.05 Å². The maximum atomic E-state index is 12.4. The number of hydrogen-bond donors (Lipinski definition) is 4. The molecule has 3 aromatic rings. The van der Waals surface area contributed by atoms with Gasteiger partial charge in [-0.2, -0.15) is 5.10 Å². The highest BCUT2D eigenvalue weighted by Gasteiger charge is 2.29. The summed E-state index contributed by atoms with van der Waals surface area (Å²) in [5, 5.41) is 27.3. The number of fused-ring (bicyclic) bond motifs is 3. The highest BCUT2D eigenvalue weighted by atomic mass is 16.5. The van der Waals surface area contributed by atoms with Gasteiger partial charge in [0.15, 0.2) is 5.82 Å². The predicted molar refractivity (Wildman–Crippen MR) is 122 cm³/mol. The molecule has 2 aromatic carbocycles. The number of aliphatic hydroxyl groups is 1. The summed E-state index contributed by atoms with van der Waals surface area (Å²) in [5.74, 6) is -1.70. The fourth-order valence-electron chi connectivity index (χ4n) is 4.05. The lowest BCUT2D eigenvalue weighted by molar-refractivity contribution is -0.139. The van der Waals surface area contributed by atoms with Gasteiger partial charge in [-0.15, -0.1) is 0 Å². The number of aryl methyl sites for hydroxylation is 1. The lowest BCUT2D eigenvalue weighted by Crippen LogP contribution is -2.34. The van der Waals surface area contributed by atoms with E-state index < -0.39 is 30.5 Å². The molecule has 0 saturated carbocycles. The molecule has 1 atom stereocenters. The zero-order valence-corrected chi connectivity index (χ0v) is 18.4. The molecule has 2 amide bonds. The number of carboxylic acids is 1. The van der Waals surface area contributed by atoms with E-state index in [9.17, 15) is 19.5 Å². The summed E-state index contributed by atoms with van der Waals surface area (Å²) >= 11 is 0. The Bertz CT molecular complexity index is 1190. The number of amides is 2. The minimum atomic E-state index is -1.21. The highest BCUT2D eigenvalue weighted by Crippen LogP contribution is 2.44. The molecule has 0 bridgehead atoms. The van der Waals surface area contributed by atoms with E-state index in [2.05, 4.69) is 27.9 Å². The van der Waals surface area contributed by atoms with Crippen molar-refractivity contribution in [3.05, 3.63) is 71.4 Å². The monoisotopic (exact) mass is 464 g/mol. The van der Waals surface area contributed by atoms with Crippen LogP contribution in [0.15, 0.2) is 54.6 Å². The molecule has 1 unspecified atom stereocenters. The van der Waals surface area contributed by atoms with Gasteiger partial charge in [-0.05, 0) is 22.3 Å². The minimum absolute atomic E-state index is 0.0829. The van der Waals surface area contributed by atoms with Crippen LogP contribution < -0.4 is 10.6 Å². The van der Waals surface area contributed by atoms with Crippen LogP contribution in [0.3, 0.4) is 0 Å². The van der Waals surface area contributed by atoms with E-state index in [1.165, 1.54) is 17.8 Å². The number of rotatable bonds is 8. The van der Waals surface area contributed by atoms with Crippen LogP contribution in [0.25, 0.3) is 11.1 Å². The molecule has 0 fully saturated rings. The molecule has 0 radical (unpaired) electrons. The number of carboxylic acid groups (broad SMARTS) is 1. The van der Waals surface area contributed by atoms with Gasteiger partial charge in [0, 0.05) is 25.6 Å². The van der Waals surface area contributed by atoms with Crippen LogP contribution in [0.5, 0.6) is 0 Å². The molecule has 4 N–H and O–H groups in total. The first kappa shape index (κ1) is 23.0. The van der Waals surface area contributed by atoms with Gasteiger partial charge in [0.25, 0.3) is 5.91 Å². The number of aromatic nitrogens is 2. The Balaban J connectivity index is 1.35. The Labute approximate surface area is 195 Å². The van der Waals surface area contributed by atoms with Crippen molar-refractivity contribution in [3.8, 4) is 11.1 Å². The third kappa shape index (κ3) is 4.91. The molecule has 0 spiro atoms. The van der Waals surface area contributed by atoms with Crippen LogP contribution >= 0.6 is 0 Å². The van der Waals surface area contributed by atoms with Crippen LogP contribution in [-0.2, 0) is 16.6 Å². The summed E-state index contributed by atoms with van der Waals surface area (Å²) in [5.41, 5.74) is 4.56. The number of aliphatic hydroxyl groups excluding tert-OH is 1. The number of nitrogens with one attached hydrogen (secondary N) is 2. The van der Waals surface area contributed by atoms with Crippen molar-refractivity contribution in [2.75, 3.05) is 18.5 Å². The minimum Gasteiger partial charge on any atom is -0.481 e. The molecule has 1 aromatic heterocycles. The lowest BCUT2D eigenvalue weighted by Gasteiger charge is -2.14. The second-order valence-electron chi connectivity index (χ2n) is 7.95. The Morgan fingerprint density at radius 1 is 1.09 bits per heavy atom. The Morgan fingerprint density at radius 3 is 2.32 bits per heavy atom. The SMILES string of the molecule is Cn1nc(NC(=O)OCC2c3ccccc3-c3ccccc32)cc1C(=O)NCC(O)CC(=O)O. The summed E-state index contributed by atoms with van der Waals surface area (Å²) in [6.45, 7) is -0.0903. The van der Waals surface area contributed by atoms with Crippen LogP contribution in [0.2, 0.25) is 0 Å². The first-order valence-corrected chi connectivity index (χ1v) is 10.7. The van der Waals surface area contributed by atoms with Crippen LogP contribution in [-0.4, -0.2) is 57.2 Å². The van der Waals surface area contributed by atoms with Gasteiger partial charge in [-0.25, -0.2) is 4.79 Å². The fraction of sp³-hybridized carbons (Fsp3) is 0.250. The van der Waals surface area contributed by atoms with E-state index in [0.717, 1.165) is 22.3 Å². The van der Waals surface area contributed by atoms with Gasteiger partial charge >= 0.3 is 12.1 Å². The molecular formula is C24H24N4O6. The first-order chi connectivity index (χ1) is 16.3. The summed E-state index contributed by atoms with van der Waals surface area (Å²) in [6, 6.07) is 17.4. The average Bonchev–Trinajstić information content (AvgIpc) is 3.33. The summed E-state index contributed by atoms with van der Waals surface area (Å²) in [7, 11) is 1.52. The van der Waals surface area contributed by atoms with Crippen LogP contribution in [0.1, 0.15) is 34.0 Å². The number of carbonyl (C=O) groups is 3. The summed E-state index contributed by atoms with van der Waals surface area (Å²) in [6.07, 6.45) is -2.41. The molecule has 1 heterocycles. The number of anilines is 1. The Hall–Kier alpha value is -4.18. The number of aliphatic carboxylic acids is 1. The highest BCUT2D eigenvalue weighted by molar-refractivity contribution is 5.94. The van der Waals surface area contributed by atoms with Crippen LogP contribution in [0.4, 0.5) is 10.6 Å². The largest absolute Gasteiger partial charge is 0.481 e. The van der Waals surface area contributed by atoms with Gasteiger partial charge in [0.2, 0.25) is 0 Å². The lowest BCUT2D eigenvalue weighted by atomic mass is 9.98. The zero-order chi connectivity index (χ0) is 24.2. The summed E-state index contributed by atoms with van der Waals surface area (Å²) in [4.78, 5) is 35.3. The van der Waals surface area contributed by atoms with Crippen molar-refractivity contribution in [3.63, 3.8) is 0 Å². The molecule has 0 saturated heterocycles. The first-order valence-electron chi connectivity index (χ1n) is 10.7. The van der Waals surface area contributed by atoms with E-state index >= 15 is 0 Å². The van der Waals surface area contributed by atoms with E-state index in [4.69, 9.17) is 9.84 Å². The van der Waals surface area contributed by atoms with Crippen molar-refractivity contribution >= 4 is 23.8 Å². The third-order valence-electron chi connectivity index (χ3n) is 5.59. The number of carbonyl (C=O) groups excluding carboxylic acids is 2. The number of benzene rings is 2. The molecule has 10 heteroatoms. The molecule has 4 rings (SSSR count). The van der Waals surface area contributed by atoms with Gasteiger partial charge in [0.05, 0.1) is 12.5 Å². The van der Waals surface area contributed by atoms with E-state index in [-0.39, 0.29) is 30.6 Å². The second-order valence-corrected chi connectivity index (χ2v) is 7.95. The second kappa shape index (κ2) is 9.75. The number of hydrogen-bond acceptors (Lipinski definition) is 6. The van der Waals surface area contributed by atoms with E-state index in [0.29, 0.717) is 0 Å². The van der Waals surface area contributed by atoms with E-state index in [1.54, 1.807) is 0 Å². The molecule has 34 heavy (non-hydrogen) atoms. The molecule has 176 valence electrons. The zero-order valence-electron chi connectivity index (χ0n) is 18.4. The van der Waals surface area contributed by atoms with Gasteiger partial charge in [-0.1, -0.05) is 48.5 Å². The number of ether oxygens (including phenoxy) is 1. The molecule has 1 aliphatic rings. The number of nitrogens with zero attached hydrogens (tertiary/aromatic N) is 2. The molecule has 10 nitrogen and oxygen atoms in total. The maximum Gasteiger partial charge on any atom is 0.412 e. The maximum absolute atomic E-state index is 12.4. The van der Waals surface area contributed by atoms with Crippen molar-refractivity contribution in [2.45, 2.75) is 18.4 Å².